The fourth-order valence-electron chi connectivity index (χ4n) is 1.78. The Morgan fingerprint density at radius 1 is 1.58 bits per heavy atom. The van der Waals surface area contributed by atoms with Gasteiger partial charge in [0.05, 0.1) is 12.1 Å². The third-order valence-electron chi connectivity index (χ3n) is 3.23. The first-order valence-electron chi connectivity index (χ1n) is 4.52. The number of hydrogen-bond donors (Lipinski definition) is 1. The molecular formula is C9H18NO2. The summed E-state index contributed by atoms with van der Waals surface area (Å²) in [4.78, 5) is 0. The fraction of sp³-hybridized carbons (Fsp3) is 1.00. The Bertz CT molecular complexity index is 168. The molecule has 1 radical (unpaired) electrons. The van der Waals surface area contributed by atoms with Gasteiger partial charge in [0.25, 0.3) is 0 Å². The molecule has 0 saturated carbocycles. The maximum absolute atomic E-state index is 11.6. The van der Waals surface area contributed by atoms with Gasteiger partial charge >= 0.3 is 0 Å². The van der Waals surface area contributed by atoms with Crippen LogP contribution in [0, 0.1) is 5.92 Å². The molecule has 3 unspecified atom stereocenters. The van der Waals surface area contributed by atoms with Crippen LogP contribution in [0.3, 0.4) is 0 Å². The predicted octanol–water partition coefficient (Wildman–Crippen LogP) is 1.20. The van der Waals surface area contributed by atoms with Crippen molar-refractivity contribution in [1.29, 1.82) is 0 Å². The molecule has 1 saturated heterocycles. The molecule has 0 aromatic carbocycles. The lowest BCUT2D eigenvalue weighted by atomic mass is 9.90. The maximum atomic E-state index is 11.6. The van der Waals surface area contributed by atoms with Crippen LogP contribution in [-0.4, -0.2) is 27.9 Å². The van der Waals surface area contributed by atoms with Crippen LogP contribution < -0.4 is 0 Å². The van der Waals surface area contributed by atoms with Crippen LogP contribution in [0.2, 0.25) is 0 Å². The van der Waals surface area contributed by atoms with Crippen LogP contribution in [0.15, 0.2) is 0 Å². The van der Waals surface area contributed by atoms with E-state index in [0.29, 0.717) is 5.92 Å². The largest absolute Gasteiger partial charge is 0.392 e. The smallest absolute Gasteiger partial charge is 0.0692 e. The summed E-state index contributed by atoms with van der Waals surface area (Å²) >= 11 is 0. The van der Waals surface area contributed by atoms with E-state index in [-0.39, 0.29) is 11.6 Å². The monoisotopic (exact) mass is 172 g/mol. The quantitative estimate of drug-likeness (QED) is 0.646. The number of rotatable bonds is 1. The third kappa shape index (κ3) is 1.37. The van der Waals surface area contributed by atoms with Crippen molar-refractivity contribution >= 4 is 0 Å². The minimum atomic E-state index is -0.522. The van der Waals surface area contributed by atoms with Gasteiger partial charge in [-0.05, 0) is 33.1 Å². The van der Waals surface area contributed by atoms with Gasteiger partial charge in [0.2, 0.25) is 0 Å². The molecule has 3 atom stereocenters. The second-order valence-electron chi connectivity index (χ2n) is 4.42. The van der Waals surface area contributed by atoms with Crippen molar-refractivity contribution in [2.75, 3.05) is 0 Å². The molecule has 0 spiro atoms. The van der Waals surface area contributed by atoms with Gasteiger partial charge in [-0.2, -0.15) is 0 Å². The predicted molar refractivity (Wildman–Crippen MR) is 45.9 cm³/mol. The van der Waals surface area contributed by atoms with Crippen molar-refractivity contribution in [1.82, 2.24) is 5.06 Å². The van der Waals surface area contributed by atoms with Crippen molar-refractivity contribution < 1.29 is 10.3 Å². The minimum absolute atomic E-state index is 0.213. The summed E-state index contributed by atoms with van der Waals surface area (Å²) in [7, 11) is 0. The van der Waals surface area contributed by atoms with Crippen molar-refractivity contribution in [3.8, 4) is 0 Å². The van der Waals surface area contributed by atoms with Crippen molar-refractivity contribution in [3.63, 3.8) is 0 Å². The fourth-order valence-corrected chi connectivity index (χ4v) is 1.78. The van der Waals surface area contributed by atoms with Crippen LogP contribution in [-0.2, 0) is 5.21 Å². The first kappa shape index (κ1) is 9.96. The summed E-state index contributed by atoms with van der Waals surface area (Å²) in [5.74, 6) is 0.356. The third-order valence-corrected chi connectivity index (χ3v) is 3.23. The highest BCUT2D eigenvalue weighted by atomic mass is 16.5. The number of hydrogen-bond acceptors (Lipinski definition) is 2. The molecular weight excluding hydrogens is 154 g/mol. The van der Waals surface area contributed by atoms with E-state index in [0.717, 1.165) is 11.5 Å². The Hall–Kier alpha value is -0.120. The van der Waals surface area contributed by atoms with Crippen molar-refractivity contribution in [3.05, 3.63) is 0 Å². The van der Waals surface area contributed by atoms with E-state index in [1.807, 2.05) is 13.8 Å². The van der Waals surface area contributed by atoms with Gasteiger partial charge in [-0.15, -0.1) is 10.3 Å². The van der Waals surface area contributed by atoms with Crippen LogP contribution >= 0.6 is 0 Å². The normalized spacial score (nSPS) is 38.5. The zero-order valence-electron chi connectivity index (χ0n) is 8.24. The average molecular weight is 172 g/mol. The molecule has 1 N–H and O–H groups in total. The molecule has 12 heavy (non-hydrogen) atoms. The minimum Gasteiger partial charge on any atom is -0.392 e. The zero-order chi connectivity index (χ0) is 9.52. The van der Waals surface area contributed by atoms with Crippen LogP contribution in [0.25, 0.3) is 0 Å². The number of hydroxylamine groups is 2. The molecule has 0 aromatic rings. The first-order valence-corrected chi connectivity index (χ1v) is 4.52. The van der Waals surface area contributed by atoms with Gasteiger partial charge < -0.3 is 5.11 Å². The van der Waals surface area contributed by atoms with E-state index in [4.69, 9.17) is 0 Å². The molecule has 1 aliphatic rings. The van der Waals surface area contributed by atoms with E-state index in [9.17, 15) is 10.3 Å². The summed E-state index contributed by atoms with van der Waals surface area (Å²) in [5, 5.41) is 22.0. The second-order valence-corrected chi connectivity index (χ2v) is 4.42. The van der Waals surface area contributed by atoms with E-state index < -0.39 is 6.10 Å². The molecule has 1 rings (SSSR count). The Labute approximate surface area is 74.0 Å². The van der Waals surface area contributed by atoms with Crippen LogP contribution in [0.5, 0.6) is 0 Å². The Kier molecular flexibility index (Phi) is 2.47. The molecule has 0 aromatic heterocycles. The summed E-state index contributed by atoms with van der Waals surface area (Å²) < 4.78 is 0. The molecule has 0 amide bonds. The molecule has 3 nitrogen and oxygen atoms in total. The standard InChI is InChI=1S/C9H18NO2/c1-6-5-8(7(2)11)10(12)9(6,3)4/h6-8,11H,5H2,1-4H3. The van der Waals surface area contributed by atoms with Crippen LogP contribution in [0.4, 0.5) is 0 Å². The number of aliphatic hydroxyl groups is 1. The van der Waals surface area contributed by atoms with Gasteiger partial charge in [-0.25, -0.2) is 0 Å². The molecule has 1 heterocycles. The van der Waals surface area contributed by atoms with E-state index in [1.54, 1.807) is 6.92 Å². The average Bonchev–Trinajstić information content (AvgIpc) is 2.13. The topological polar surface area (TPSA) is 43.4 Å². The molecule has 0 bridgehead atoms. The van der Waals surface area contributed by atoms with E-state index in [2.05, 4.69) is 6.92 Å². The lowest BCUT2D eigenvalue weighted by Gasteiger charge is -2.30. The van der Waals surface area contributed by atoms with Gasteiger partial charge in [0.15, 0.2) is 0 Å². The van der Waals surface area contributed by atoms with Gasteiger partial charge in [-0.1, -0.05) is 6.92 Å². The van der Waals surface area contributed by atoms with Gasteiger partial charge in [0, 0.05) is 5.54 Å². The highest BCUT2D eigenvalue weighted by molar-refractivity contribution is 4.96. The van der Waals surface area contributed by atoms with E-state index in [1.165, 1.54) is 0 Å². The Morgan fingerprint density at radius 2 is 2.08 bits per heavy atom. The maximum Gasteiger partial charge on any atom is 0.0692 e. The SMILES string of the molecule is CC(O)C1CC(C)C(C)(C)N1[O]. The summed E-state index contributed by atoms with van der Waals surface area (Å²) in [6.07, 6.45) is 0.278. The van der Waals surface area contributed by atoms with E-state index >= 15 is 0 Å². The number of aliphatic hydroxyl groups excluding tert-OH is 1. The first-order chi connectivity index (χ1) is 5.37. The van der Waals surface area contributed by atoms with Gasteiger partial charge in [0.1, 0.15) is 0 Å². The Balaban J connectivity index is 2.76. The van der Waals surface area contributed by atoms with Crippen molar-refractivity contribution in [2.45, 2.75) is 51.8 Å². The summed E-state index contributed by atoms with van der Waals surface area (Å²) in [6.45, 7) is 7.62. The highest BCUT2D eigenvalue weighted by Crippen LogP contribution is 2.38. The van der Waals surface area contributed by atoms with Gasteiger partial charge in [-0.3, -0.25) is 0 Å². The molecule has 1 fully saturated rings. The number of nitrogens with zero attached hydrogens (tertiary/aromatic N) is 1. The summed E-state index contributed by atoms with van der Waals surface area (Å²) in [6, 6.07) is -0.213. The molecule has 0 aliphatic carbocycles. The van der Waals surface area contributed by atoms with Crippen LogP contribution in [0.1, 0.15) is 34.1 Å². The molecule has 1 aliphatic heterocycles. The van der Waals surface area contributed by atoms with Crippen molar-refractivity contribution in [2.24, 2.45) is 5.92 Å². The highest BCUT2D eigenvalue weighted by Gasteiger charge is 2.47. The lowest BCUT2D eigenvalue weighted by molar-refractivity contribution is -0.237. The zero-order valence-corrected chi connectivity index (χ0v) is 8.24. The Morgan fingerprint density at radius 3 is 2.25 bits per heavy atom. The second kappa shape index (κ2) is 2.98. The molecule has 71 valence electrons. The summed E-state index contributed by atoms with van der Waals surface area (Å²) in [5.41, 5.74) is -0.318. The molecule has 3 heteroatoms. The lowest BCUT2D eigenvalue weighted by Crippen LogP contribution is -2.44.